The Morgan fingerprint density at radius 2 is 2.04 bits per heavy atom. The number of carboxylic acid groups (broad SMARTS) is 1. The van der Waals surface area contributed by atoms with Crippen LogP contribution in [0.3, 0.4) is 0 Å². The summed E-state index contributed by atoms with van der Waals surface area (Å²) in [6.07, 6.45) is 3.02. The number of aryl methyl sites for hydroxylation is 1. The van der Waals surface area contributed by atoms with Crippen LogP contribution in [0, 0.1) is 6.92 Å². The molecule has 1 aromatic rings. The Kier molecular flexibility index (Phi) is 6.77. The number of benzene rings is 1. The Morgan fingerprint density at radius 3 is 2.69 bits per heavy atom. The summed E-state index contributed by atoms with van der Waals surface area (Å²) in [7, 11) is -3.65. The maximum absolute atomic E-state index is 13.1. The number of nitrogens with zero attached hydrogens (tertiary/aromatic N) is 1. The number of amides is 1. The van der Waals surface area contributed by atoms with Gasteiger partial charge in [0.15, 0.2) is 0 Å². The Labute approximate surface area is 154 Å². The number of sulfonamides is 1. The van der Waals surface area contributed by atoms with Gasteiger partial charge in [-0.25, -0.2) is 13.1 Å². The fraction of sp³-hybridized carbons (Fsp3) is 0.556. The van der Waals surface area contributed by atoms with Crippen molar-refractivity contribution in [1.29, 1.82) is 0 Å². The number of piperidine rings is 1. The van der Waals surface area contributed by atoms with E-state index in [1.54, 1.807) is 24.8 Å². The second-order valence-corrected chi connectivity index (χ2v) is 8.33. The topological polar surface area (TPSA) is 104 Å². The third kappa shape index (κ3) is 4.82. The Hall–Kier alpha value is -1.93. The lowest BCUT2D eigenvalue weighted by Gasteiger charge is -2.36. The quantitative estimate of drug-likeness (QED) is 0.752. The van der Waals surface area contributed by atoms with Gasteiger partial charge in [-0.3, -0.25) is 9.59 Å². The second-order valence-electron chi connectivity index (χ2n) is 6.56. The summed E-state index contributed by atoms with van der Waals surface area (Å²) in [4.78, 5) is 25.7. The van der Waals surface area contributed by atoms with Crippen LogP contribution in [0.1, 0.15) is 54.9 Å². The number of nitrogens with one attached hydrogen (secondary N) is 1. The Balaban J connectivity index is 2.30. The van der Waals surface area contributed by atoms with Gasteiger partial charge in [-0.05, 0) is 50.3 Å². The molecule has 0 bridgehead atoms. The van der Waals surface area contributed by atoms with Crippen molar-refractivity contribution in [2.75, 3.05) is 13.1 Å². The molecule has 1 amide bonds. The largest absolute Gasteiger partial charge is 0.481 e. The van der Waals surface area contributed by atoms with Gasteiger partial charge in [-0.1, -0.05) is 13.0 Å². The molecule has 1 fully saturated rings. The van der Waals surface area contributed by atoms with E-state index in [1.165, 1.54) is 12.1 Å². The fourth-order valence-electron chi connectivity index (χ4n) is 3.28. The summed E-state index contributed by atoms with van der Waals surface area (Å²) in [5, 5.41) is 8.93. The van der Waals surface area contributed by atoms with E-state index in [0.717, 1.165) is 19.3 Å². The number of carbonyl (C=O) groups is 2. The molecule has 0 spiro atoms. The molecule has 0 aromatic heterocycles. The smallest absolute Gasteiger partial charge is 0.303 e. The van der Waals surface area contributed by atoms with E-state index in [-0.39, 0.29) is 29.8 Å². The monoisotopic (exact) mass is 382 g/mol. The minimum atomic E-state index is -3.65. The van der Waals surface area contributed by atoms with Crippen LogP contribution in [-0.4, -0.2) is 49.4 Å². The highest BCUT2D eigenvalue weighted by Crippen LogP contribution is 2.25. The number of rotatable bonds is 7. The van der Waals surface area contributed by atoms with Gasteiger partial charge < -0.3 is 10.0 Å². The number of carbonyl (C=O) groups excluding carboxylic acids is 1. The lowest BCUT2D eigenvalue weighted by molar-refractivity contribution is -0.137. The lowest BCUT2D eigenvalue weighted by Crippen LogP contribution is -2.44. The zero-order valence-electron chi connectivity index (χ0n) is 15.2. The van der Waals surface area contributed by atoms with Crippen LogP contribution < -0.4 is 4.72 Å². The summed E-state index contributed by atoms with van der Waals surface area (Å²) >= 11 is 0. The Bertz CT molecular complexity index is 776. The van der Waals surface area contributed by atoms with Gasteiger partial charge >= 0.3 is 5.97 Å². The molecule has 0 aliphatic carbocycles. The summed E-state index contributed by atoms with van der Waals surface area (Å²) in [5.74, 6) is -1.11. The molecule has 144 valence electrons. The molecule has 0 radical (unpaired) electrons. The van der Waals surface area contributed by atoms with Crippen LogP contribution in [0.15, 0.2) is 23.1 Å². The molecule has 2 rings (SSSR count). The van der Waals surface area contributed by atoms with E-state index in [9.17, 15) is 18.0 Å². The summed E-state index contributed by atoms with van der Waals surface area (Å²) in [6.45, 7) is 4.29. The van der Waals surface area contributed by atoms with Crippen molar-refractivity contribution >= 4 is 21.9 Å². The minimum Gasteiger partial charge on any atom is -0.481 e. The van der Waals surface area contributed by atoms with Crippen LogP contribution in [0.4, 0.5) is 0 Å². The maximum atomic E-state index is 13.1. The zero-order valence-corrected chi connectivity index (χ0v) is 16.0. The fourth-order valence-corrected chi connectivity index (χ4v) is 4.35. The van der Waals surface area contributed by atoms with Crippen molar-refractivity contribution in [2.24, 2.45) is 0 Å². The molecule has 26 heavy (non-hydrogen) atoms. The Morgan fingerprint density at radius 1 is 1.31 bits per heavy atom. The average Bonchev–Trinajstić information content (AvgIpc) is 2.59. The first-order valence-corrected chi connectivity index (χ1v) is 10.4. The molecule has 1 aliphatic rings. The predicted octanol–water partition coefficient (Wildman–Crippen LogP) is 2.15. The number of carboxylic acids is 1. The summed E-state index contributed by atoms with van der Waals surface area (Å²) in [5.41, 5.74) is 1.05. The van der Waals surface area contributed by atoms with Gasteiger partial charge in [0.25, 0.3) is 5.91 Å². The highest BCUT2D eigenvalue weighted by molar-refractivity contribution is 7.89. The maximum Gasteiger partial charge on any atom is 0.303 e. The SMILES string of the molecule is CCNS(=O)(=O)c1ccc(C)c(C(=O)N2CCCCC2CCC(=O)O)c1. The molecule has 1 atom stereocenters. The molecular formula is C18H26N2O5S. The van der Waals surface area contributed by atoms with E-state index in [1.807, 2.05) is 0 Å². The summed E-state index contributed by atoms with van der Waals surface area (Å²) in [6, 6.07) is 4.41. The van der Waals surface area contributed by atoms with E-state index in [4.69, 9.17) is 5.11 Å². The van der Waals surface area contributed by atoms with Gasteiger partial charge in [0.05, 0.1) is 4.90 Å². The highest BCUT2D eigenvalue weighted by Gasteiger charge is 2.29. The van der Waals surface area contributed by atoms with E-state index in [2.05, 4.69) is 4.72 Å². The predicted molar refractivity (Wildman–Crippen MR) is 97.6 cm³/mol. The first-order valence-electron chi connectivity index (χ1n) is 8.89. The average molecular weight is 382 g/mol. The lowest BCUT2D eigenvalue weighted by atomic mass is 9.96. The highest BCUT2D eigenvalue weighted by atomic mass is 32.2. The van der Waals surface area contributed by atoms with Crippen LogP contribution in [-0.2, 0) is 14.8 Å². The summed E-state index contributed by atoms with van der Waals surface area (Å²) < 4.78 is 26.9. The first-order chi connectivity index (χ1) is 12.3. The van der Waals surface area contributed by atoms with Crippen molar-refractivity contribution in [2.45, 2.75) is 56.9 Å². The van der Waals surface area contributed by atoms with E-state index in [0.29, 0.717) is 24.1 Å². The third-order valence-electron chi connectivity index (χ3n) is 4.66. The normalized spacial score (nSPS) is 17.9. The molecule has 2 N–H and O–H groups in total. The molecule has 8 heteroatoms. The minimum absolute atomic E-state index is 0.0161. The van der Waals surface area contributed by atoms with E-state index >= 15 is 0 Å². The molecule has 7 nitrogen and oxygen atoms in total. The standard InChI is InChI=1S/C18H26N2O5S/c1-3-19-26(24,25)15-9-7-13(2)16(12-15)18(23)20-11-5-4-6-14(20)8-10-17(21)22/h7,9,12,14,19H,3-6,8,10-11H2,1-2H3,(H,21,22). The van der Waals surface area contributed by atoms with Gasteiger partial charge in [0.1, 0.15) is 0 Å². The number of hydrogen-bond acceptors (Lipinski definition) is 4. The molecule has 1 aliphatic heterocycles. The van der Waals surface area contributed by atoms with Gasteiger partial charge in [0.2, 0.25) is 10.0 Å². The van der Waals surface area contributed by atoms with Crippen molar-refractivity contribution in [3.8, 4) is 0 Å². The third-order valence-corrected chi connectivity index (χ3v) is 6.21. The van der Waals surface area contributed by atoms with Crippen LogP contribution >= 0.6 is 0 Å². The van der Waals surface area contributed by atoms with Crippen molar-refractivity contribution in [3.05, 3.63) is 29.3 Å². The van der Waals surface area contributed by atoms with Gasteiger partial charge in [0, 0.05) is 31.1 Å². The van der Waals surface area contributed by atoms with Crippen LogP contribution in [0.2, 0.25) is 0 Å². The van der Waals surface area contributed by atoms with Crippen molar-refractivity contribution < 1.29 is 23.1 Å². The number of aliphatic carboxylic acids is 1. The zero-order chi connectivity index (χ0) is 19.3. The van der Waals surface area contributed by atoms with E-state index < -0.39 is 16.0 Å². The van der Waals surface area contributed by atoms with Crippen LogP contribution in [0.25, 0.3) is 0 Å². The number of likely N-dealkylation sites (tertiary alicyclic amines) is 1. The van der Waals surface area contributed by atoms with Gasteiger partial charge in [-0.15, -0.1) is 0 Å². The molecule has 1 heterocycles. The van der Waals surface area contributed by atoms with Crippen molar-refractivity contribution in [1.82, 2.24) is 9.62 Å². The van der Waals surface area contributed by atoms with Crippen molar-refractivity contribution in [3.63, 3.8) is 0 Å². The number of hydrogen-bond donors (Lipinski definition) is 2. The molecule has 1 saturated heterocycles. The molecule has 1 unspecified atom stereocenters. The molecule has 0 saturated carbocycles. The molecule has 1 aromatic carbocycles. The second kappa shape index (κ2) is 8.64. The first kappa shape index (κ1) is 20.4. The molecular weight excluding hydrogens is 356 g/mol. The van der Waals surface area contributed by atoms with Crippen LogP contribution in [0.5, 0.6) is 0 Å². The van der Waals surface area contributed by atoms with Gasteiger partial charge in [-0.2, -0.15) is 0 Å².